The lowest BCUT2D eigenvalue weighted by atomic mass is 10.2. The molecule has 17 heavy (non-hydrogen) atoms. The summed E-state index contributed by atoms with van der Waals surface area (Å²) in [6.07, 6.45) is 3.29. The van der Waals surface area contributed by atoms with Crippen LogP contribution in [0.5, 0.6) is 0 Å². The molecule has 0 amide bonds. The third-order valence-corrected chi connectivity index (χ3v) is 2.57. The lowest BCUT2D eigenvalue weighted by Crippen LogP contribution is -2.17. The maximum Gasteiger partial charge on any atom is 0.141 e. The molecule has 4 nitrogen and oxygen atoms in total. The van der Waals surface area contributed by atoms with E-state index < -0.39 is 0 Å². The van der Waals surface area contributed by atoms with Gasteiger partial charge in [0, 0.05) is 12.7 Å². The fourth-order valence-electron chi connectivity index (χ4n) is 1.65. The minimum atomic E-state index is 0.451. The molecule has 0 saturated heterocycles. The SMILES string of the molecule is Cc1cccc(N(C)Cc2cnc(N)cn2)c1. The van der Waals surface area contributed by atoms with Gasteiger partial charge in [-0.1, -0.05) is 12.1 Å². The summed E-state index contributed by atoms with van der Waals surface area (Å²) in [7, 11) is 2.03. The third-order valence-electron chi connectivity index (χ3n) is 2.57. The Kier molecular flexibility index (Phi) is 3.23. The summed E-state index contributed by atoms with van der Waals surface area (Å²) >= 11 is 0. The van der Waals surface area contributed by atoms with Crippen molar-refractivity contribution in [3.8, 4) is 0 Å². The van der Waals surface area contributed by atoms with E-state index in [0.717, 1.165) is 12.2 Å². The predicted molar refractivity (Wildman–Crippen MR) is 69.7 cm³/mol. The molecule has 0 unspecified atom stereocenters. The number of aromatic nitrogens is 2. The molecule has 1 aromatic carbocycles. The molecule has 1 heterocycles. The molecular weight excluding hydrogens is 212 g/mol. The highest BCUT2D eigenvalue weighted by molar-refractivity contribution is 5.47. The van der Waals surface area contributed by atoms with E-state index in [2.05, 4.69) is 46.1 Å². The molecule has 0 bridgehead atoms. The zero-order valence-electron chi connectivity index (χ0n) is 10.1. The van der Waals surface area contributed by atoms with Crippen LogP contribution in [0.1, 0.15) is 11.3 Å². The molecule has 0 aliphatic heterocycles. The van der Waals surface area contributed by atoms with Gasteiger partial charge in [-0.3, -0.25) is 4.98 Å². The molecule has 2 N–H and O–H groups in total. The largest absolute Gasteiger partial charge is 0.382 e. The van der Waals surface area contributed by atoms with Crippen LogP contribution in [0.15, 0.2) is 36.7 Å². The molecule has 1 aromatic heterocycles. The molecule has 0 saturated carbocycles. The Morgan fingerprint density at radius 2 is 2.06 bits per heavy atom. The van der Waals surface area contributed by atoms with Crippen LogP contribution in [0.3, 0.4) is 0 Å². The molecule has 0 aliphatic rings. The predicted octanol–water partition coefficient (Wildman–Crippen LogP) is 2.00. The summed E-state index contributed by atoms with van der Waals surface area (Å²) < 4.78 is 0. The summed E-state index contributed by atoms with van der Waals surface area (Å²) in [6, 6.07) is 8.36. The molecule has 2 rings (SSSR count). The van der Waals surface area contributed by atoms with Gasteiger partial charge in [0.1, 0.15) is 5.82 Å². The number of hydrogen-bond acceptors (Lipinski definition) is 4. The van der Waals surface area contributed by atoms with Gasteiger partial charge in [0.2, 0.25) is 0 Å². The molecule has 0 atom stereocenters. The van der Waals surface area contributed by atoms with E-state index >= 15 is 0 Å². The molecule has 88 valence electrons. The molecule has 2 aromatic rings. The highest BCUT2D eigenvalue weighted by Crippen LogP contribution is 2.15. The third kappa shape index (κ3) is 2.93. The average Bonchev–Trinajstić information content (AvgIpc) is 2.32. The first kappa shape index (κ1) is 11.4. The maximum atomic E-state index is 5.50. The molecule has 0 aliphatic carbocycles. The second kappa shape index (κ2) is 4.82. The molecule has 0 spiro atoms. The van der Waals surface area contributed by atoms with Gasteiger partial charge in [-0.2, -0.15) is 0 Å². The van der Waals surface area contributed by atoms with Crippen molar-refractivity contribution in [3.05, 3.63) is 47.9 Å². The van der Waals surface area contributed by atoms with Crippen LogP contribution in [-0.4, -0.2) is 17.0 Å². The molecule has 0 fully saturated rings. The fourth-order valence-corrected chi connectivity index (χ4v) is 1.65. The quantitative estimate of drug-likeness (QED) is 0.873. The first-order valence-corrected chi connectivity index (χ1v) is 5.49. The van der Waals surface area contributed by atoms with Crippen LogP contribution in [0.2, 0.25) is 0 Å². The van der Waals surface area contributed by atoms with Gasteiger partial charge >= 0.3 is 0 Å². The van der Waals surface area contributed by atoms with E-state index in [0.29, 0.717) is 5.82 Å². The van der Waals surface area contributed by atoms with Crippen molar-refractivity contribution in [1.29, 1.82) is 0 Å². The van der Waals surface area contributed by atoms with Gasteiger partial charge < -0.3 is 10.6 Å². The molecule has 4 heteroatoms. The van der Waals surface area contributed by atoms with Crippen LogP contribution in [0, 0.1) is 6.92 Å². The summed E-state index contributed by atoms with van der Waals surface area (Å²) in [4.78, 5) is 10.4. The second-order valence-electron chi connectivity index (χ2n) is 4.13. The van der Waals surface area contributed by atoms with Crippen molar-refractivity contribution in [2.75, 3.05) is 17.7 Å². The van der Waals surface area contributed by atoms with Crippen LogP contribution >= 0.6 is 0 Å². The lowest BCUT2D eigenvalue weighted by Gasteiger charge is -2.19. The Hall–Kier alpha value is -2.10. The van der Waals surface area contributed by atoms with Gasteiger partial charge in [-0.25, -0.2) is 4.98 Å². The van der Waals surface area contributed by atoms with E-state index in [1.54, 1.807) is 12.4 Å². The Labute approximate surface area is 101 Å². The van der Waals surface area contributed by atoms with Gasteiger partial charge in [0.05, 0.1) is 24.6 Å². The highest BCUT2D eigenvalue weighted by atomic mass is 15.1. The molecular formula is C13H16N4. The summed E-state index contributed by atoms with van der Waals surface area (Å²) in [5.74, 6) is 0.451. The van der Waals surface area contributed by atoms with E-state index in [4.69, 9.17) is 5.73 Å². The van der Waals surface area contributed by atoms with Crippen molar-refractivity contribution >= 4 is 11.5 Å². The number of rotatable bonds is 3. The van der Waals surface area contributed by atoms with Crippen molar-refractivity contribution in [2.24, 2.45) is 0 Å². The van der Waals surface area contributed by atoms with Crippen molar-refractivity contribution in [1.82, 2.24) is 9.97 Å². The topological polar surface area (TPSA) is 55.0 Å². The lowest BCUT2D eigenvalue weighted by molar-refractivity contribution is 0.874. The van der Waals surface area contributed by atoms with Crippen molar-refractivity contribution in [3.63, 3.8) is 0 Å². The summed E-state index contributed by atoms with van der Waals surface area (Å²) in [5, 5.41) is 0. The standard InChI is InChI=1S/C13H16N4/c1-10-4-3-5-12(6-10)17(2)9-11-7-16-13(14)8-15-11/h3-8H,9H2,1-2H3,(H2,14,16). The van der Waals surface area contributed by atoms with Crippen LogP contribution < -0.4 is 10.6 Å². The van der Waals surface area contributed by atoms with Gasteiger partial charge in [-0.05, 0) is 24.6 Å². The number of aryl methyl sites for hydroxylation is 1. The van der Waals surface area contributed by atoms with Gasteiger partial charge in [0.25, 0.3) is 0 Å². The van der Waals surface area contributed by atoms with Gasteiger partial charge in [-0.15, -0.1) is 0 Å². The second-order valence-corrected chi connectivity index (χ2v) is 4.13. The highest BCUT2D eigenvalue weighted by Gasteiger charge is 2.03. The monoisotopic (exact) mass is 228 g/mol. The minimum Gasteiger partial charge on any atom is -0.382 e. The van der Waals surface area contributed by atoms with Crippen LogP contribution in [0.25, 0.3) is 0 Å². The number of nitrogens with zero attached hydrogens (tertiary/aromatic N) is 3. The van der Waals surface area contributed by atoms with Gasteiger partial charge in [0.15, 0.2) is 0 Å². The molecule has 0 radical (unpaired) electrons. The Balaban J connectivity index is 2.11. The summed E-state index contributed by atoms with van der Waals surface area (Å²) in [6.45, 7) is 2.80. The minimum absolute atomic E-state index is 0.451. The number of anilines is 2. The normalized spacial score (nSPS) is 10.2. The maximum absolute atomic E-state index is 5.50. The van der Waals surface area contributed by atoms with Crippen molar-refractivity contribution < 1.29 is 0 Å². The first-order chi connectivity index (χ1) is 8.15. The van der Waals surface area contributed by atoms with E-state index in [1.165, 1.54) is 11.3 Å². The average molecular weight is 228 g/mol. The van der Waals surface area contributed by atoms with Crippen LogP contribution in [-0.2, 0) is 6.54 Å². The number of hydrogen-bond donors (Lipinski definition) is 1. The summed E-state index contributed by atoms with van der Waals surface area (Å²) in [5.41, 5.74) is 8.82. The number of benzene rings is 1. The van der Waals surface area contributed by atoms with E-state index in [9.17, 15) is 0 Å². The number of nitrogen functional groups attached to an aromatic ring is 1. The Morgan fingerprint density at radius 3 is 2.71 bits per heavy atom. The fraction of sp³-hybridized carbons (Fsp3) is 0.231. The van der Waals surface area contributed by atoms with Crippen LogP contribution in [0.4, 0.5) is 11.5 Å². The smallest absolute Gasteiger partial charge is 0.141 e. The van der Waals surface area contributed by atoms with Crippen molar-refractivity contribution in [2.45, 2.75) is 13.5 Å². The number of nitrogens with two attached hydrogens (primary N) is 1. The Morgan fingerprint density at radius 1 is 1.24 bits per heavy atom. The zero-order chi connectivity index (χ0) is 12.3. The first-order valence-electron chi connectivity index (χ1n) is 5.49. The Bertz CT molecular complexity index is 493. The van der Waals surface area contributed by atoms with E-state index in [1.807, 2.05) is 7.05 Å². The zero-order valence-corrected chi connectivity index (χ0v) is 10.1. The van der Waals surface area contributed by atoms with E-state index in [-0.39, 0.29) is 0 Å².